The number of carbonyl (C=O) groups excluding carboxylic acids is 2. The van der Waals surface area contributed by atoms with Crippen LogP contribution in [-0.2, 0) is 14.3 Å². The molecule has 0 aliphatic rings. The van der Waals surface area contributed by atoms with Crippen molar-refractivity contribution in [2.24, 2.45) is 5.73 Å². The number of furan rings is 1. The predicted molar refractivity (Wildman–Crippen MR) is 58.5 cm³/mol. The molecule has 0 radical (unpaired) electrons. The van der Waals surface area contributed by atoms with Crippen molar-refractivity contribution in [3.63, 3.8) is 0 Å². The third kappa shape index (κ3) is 3.32. The molecule has 2 N–H and O–H groups in total. The molecule has 0 saturated carbocycles. The normalized spacial score (nSPS) is 11.9. The number of methoxy groups -OCH3 is 2. The lowest BCUT2D eigenvalue weighted by Gasteiger charge is -2.09. The van der Waals surface area contributed by atoms with E-state index in [9.17, 15) is 9.59 Å². The zero-order valence-electron chi connectivity index (χ0n) is 9.76. The minimum Gasteiger partial charge on any atom is -0.469 e. The van der Waals surface area contributed by atoms with Crippen LogP contribution in [-0.4, -0.2) is 32.7 Å². The number of carbonyl (C=O) groups is 2. The van der Waals surface area contributed by atoms with Crippen molar-refractivity contribution < 1.29 is 23.5 Å². The second kappa shape index (κ2) is 6.05. The molecule has 0 aliphatic carbocycles. The van der Waals surface area contributed by atoms with E-state index in [1.807, 2.05) is 0 Å². The number of esters is 2. The molecule has 1 aromatic heterocycles. The average molecular weight is 241 g/mol. The third-order valence-electron chi connectivity index (χ3n) is 2.34. The van der Waals surface area contributed by atoms with Crippen LogP contribution >= 0.6 is 0 Å². The first-order valence-electron chi connectivity index (χ1n) is 5.07. The second-order valence-corrected chi connectivity index (χ2v) is 3.41. The van der Waals surface area contributed by atoms with Crippen molar-refractivity contribution >= 4 is 11.9 Å². The van der Waals surface area contributed by atoms with E-state index in [4.69, 9.17) is 10.2 Å². The molecule has 94 valence electrons. The van der Waals surface area contributed by atoms with Gasteiger partial charge in [-0.3, -0.25) is 4.79 Å². The van der Waals surface area contributed by atoms with Gasteiger partial charge in [0, 0.05) is 12.5 Å². The third-order valence-corrected chi connectivity index (χ3v) is 2.34. The predicted octanol–water partition coefficient (Wildman–Crippen LogP) is 0.672. The van der Waals surface area contributed by atoms with Crippen LogP contribution in [0.5, 0.6) is 0 Å². The van der Waals surface area contributed by atoms with Crippen LogP contribution < -0.4 is 5.73 Å². The molecule has 0 spiro atoms. The zero-order valence-corrected chi connectivity index (χ0v) is 9.76. The summed E-state index contributed by atoms with van der Waals surface area (Å²) in [6.45, 7) is 0.225. The number of nitrogens with two attached hydrogens (primary N) is 1. The average Bonchev–Trinajstić information content (AvgIpc) is 2.83. The minimum atomic E-state index is -0.565. The fourth-order valence-corrected chi connectivity index (χ4v) is 1.37. The van der Waals surface area contributed by atoms with Gasteiger partial charge in [-0.25, -0.2) is 4.79 Å². The molecule has 1 atom stereocenters. The molecule has 17 heavy (non-hydrogen) atoms. The highest BCUT2D eigenvalue weighted by atomic mass is 16.5. The Morgan fingerprint density at radius 2 is 2.06 bits per heavy atom. The molecule has 1 unspecified atom stereocenters. The van der Waals surface area contributed by atoms with E-state index in [-0.39, 0.29) is 30.6 Å². The maximum atomic E-state index is 11.2. The van der Waals surface area contributed by atoms with Gasteiger partial charge in [-0.1, -0.05) is 0 Å². The Kier molecular flexibility index (Phi) is 4.71. The number of hydrogen-bond acceptors (Lipinski definition) is 6. The molecule has 0 aromatic carbocycles. The van der Waals surface area contributed by atoms with Crippen molar-refractivity contribution in [3.8, 4) is 0 Å². The summed E-state index contributed by atoms with van der Waals surface area (Å²) in [6.07, 6.45) is 0.112. The van der Waals surface area contributed by atoms with Crippen LogP contribution in [0.15, 0.2) is 16.5 Å². The second-order valence-electron chi connectivity index (χ2n) is 3.41. The summed E-state index contributed by atoms with van der Waals surface area (Å²) >= 11 is 0. The molecule has 6 heteroatoms. The van der Waals surface area contributed by atoms with E-state index in [1.54, 1.807) is 6.07 Å². The molecule has 1 aromatic rings. The van der Waals surface area contributed by atoms with Crippen LogP contribution in [0.2, 0.25) is 0 Å². The first-order chi connectivity index (χ1) is 8.12. The lowest BCUT2D eigenvalue weighted by Crippen LogP contribution is -2.16. The monoisotopic (exact) mass is 241 g/mol. The summed E-state index contributed by atoms with van der Waals surface area (Å²) in [5.41, 5.74) is 5.54. The first-order valence-corrected chi connectivity index (χ1v) is 5.07. The number of ether oxygens (including phenoxy) is 2. The smallest absolute Gasteiger partial charge is 0.373 e. The largest absolute Gasteiger partial charge is 0.469 e. The summed E-state index contributed by atoms with van der Waals surface area (Å²) in [6, 6.07) is 3.09. The fraction of sp³-hybridized carbons (Fsp3) is 0.455. The summed E-state index contributed by atoms with van der Waals surface area (Å²) in [5.74, 6) is -0.688. The molecule has 0 saturated heterocycles. The van der Waals surface area contributed by atoms with Crippen LogP contribution in [0.25, 0.3) is 0 Å². The standard InChI is InChI=1S/C11H15NO5/c1-15-10(13)5-7(6-12)8-3-4-9(17-8)11(14)16-2/h3-4,7H,5-6,12H2,1-2H3. The maximum absolute atomic E-state index is 11.2. The quantitative estimate of drug-likeness (QED) is 0.762. The van der Waals surface area contributed by atoms with Gasteiger partial charge in [-0.05, 0) is 12.1 Å². The summed E-state index contributed by atoms with van der Waals surface area (Å²) in [7, 11) is 2.57. The molecule has 0 bridgehead atoms. The lowest BCUT2D eigenvalue weighted by molar-refractivity contribution is -0.141. The highest BCUT2D eigenvalue weighted by molar-refractivity contribution is 5.86. The van der Waals surface area contributed by atoms with E-state index < -0.39 is 5.97 Å². The Balaban J connectivity index is 2.79. The van der Waals surface area contributed by atoms with Crippen molar-refractivity contribution in [1.82, 2.24) is 0 Å². The Bertz CT molecular complexity index is 398. The highest BCUT2D eigenvalue weighted by Gasteiger charge is 2.20. The molecule has 1 rings (SSSR count). The van der Waals surface area contributed by atoms with Crippen LogP contribution in [0.4, 0.5) is 0 Å². The molecule has 0 aliphatic heterocycles. The summed E-state index contributed by atoms with van der Waals surface area (Å²) < 4.78 is 14.3. The summed E-state index contributed by atoms with van der Waals surface area (Å²) in [5, 5.41) is 0. The lowest BCUT2D eigenvalue weighted by atomic mass is 10.0. The van der Waals surface area contributed by atoms with Gasteiger partial charge >= 0.3 is 11.9 Å². The van der Waals surface area contributed by atoms with Gasteiger partial charge in [0.05, 0.1) is 20.6 Å². The number of hydrogen-bond donors (Lipinski definition) is 1. The maximum Gasteiger partial charge on any atom is 0.373 e. The highest BCUT2D eigenvalue weighted by Crippen LogP contribution is 2.22. The Labute approximate surface area is 98.7 Å². The van der Waals surface area contributed by atoms with E-state index >= 15 is 0 Å². The first kappa shape index (κ1) is 13.2. The Morgan fingerprint density at radius 3 is 2.59 bits per heavy atom. The molecular weight excluding hydrogens is 226 g/mol. The van der Waals surface area contributed by atoms with E-state index in [0.29, 0.717) is 5.76 Å². The molecule has 0 fully saturated rings. The van der Waals surface area contributed by atoms with Crippen molar-refractivity contribution in [2.75, 3.05) is 20.8 Å². The van der Waals surface area contributed by atoms with Crippen molar-refractivity contribution in [2.45, 2.75) is 12.3 Å². The van der Waals surface area contributed by atoms with E-state index in [1.165, 1.54) is 20.3 Å². The van der Waals surface area contributed by atoms with E-state index in [2.05, 4.69) is 9.47 Å². The van der Waals surface area contributed by atoms with Gasteiger partial charge in [0.1, 0.15) is 5.76 Å². The van der Waals surface area contributed by atoms with Gasteiger partial charge in [-0.2, -0.15) is 0 Å². The van der Waals surface area contributed by atoms with Crippen molar-refractivity contribution in [3.05, 3.63) is 23.7 Å². The summed E-state index contributed by atoms with van der Waals surface area (Å²) in [4.78, 5) is 22.3. The van der Waals surface area contributed by atoms with Crippen LogP contribution in [0.3, 0.4) is 0 Å². The fourth-order valence-electron chi connectivity index (χ4n) is 1.37. The Hall–Kier alpha value is -1.82. The van der Waals surface area contributed by atoms with Crippen LogP contribution in [0.1, 0.15) is 28.7 Å². The Morgan fingerprint density at radius 1 is 1.35 bits per heavy atom. The van der Waals surface area contributed by atoms with Gasteiger partial charge < -0.3 is 19.6 Å². The minimum absolute atomic E-state index is 0.0887. The topological polar surface area (TPSA) is 91.8 Å². The van der Waals surface area contributed by atoms with Crippen molar-refractivity contribution in [1.29, 1.82) is 0 Å². The molecule has 0 amide bonds. The zero-order chi connectivity index (χ0) is 12.8. The molecular formula is C11H15NO5. The van der Waals surface area contributed by atoms with Gasteiger partial charge in [0.25, 0.3) is 0 Å². The van der Waals surface area contributed by atoms with E-state index in [0.717, 1.165) is 0 Å². The van der Waals surface area contributed by atoms with Gasteiger partial charge in [-0.15, -0.1) is 0 Å². The number of rotatable bonds is 5. The molecule has 1 heterocycles. The molecule has 6 nitrogen and oxygen atoms in total. The van der Waals surface area contributed by atoms with Gasteiger partial charge in [0.2, 0.25) is 5.76 Å². The van der Waals surface area contributed by atoms with Gasteiger partial charge in [0.15, 0.2) is 0 Å². The van der Waals surface area contributed by atoms with Crippen LogP contribution in [0, 0.1) is 0 Å². The SMILES string of the molecule is COC(=O)CC(CN)c1ccc(C(=O)OC)o1.